The number of methoxy groups -OCH3 is 1. The lowest BCUT2D eigenvalue weighted by molar-refractivity contribution is 0.0167. The lowest BCUT2D eigenvalue weighted by Gasteiger charge is -2.26. The van der Waals surface area contributed by atoms with Gasteiger partial charge in [0.25, 0.3) is 5.91 Å². The quantitative estimate of drug-likeness (QED) is 0.351. The number of ether oxygens (including phenoxy) is 1. The maximum atomic E-state index is 14.9. The zero-order chi connectivity index (χ0) is 24.1. The summed E-state index contributed by atoms with van der Waals surface area (Å²) in [5.41, 5.74) is 1.51. The minimum absolute atomic E-state index is 0.0386. The van der Waals surface area contributed by atoms with Crippen LogP contribution in [0.2, 0.25) is 0 Å². The molecule has 0 spiro atoms. The van der Waals surface area contributed by atoms with E-state index in [4.69, 9.17) is 4.74 Å². The third kappa shape index (κ3) is 5.03. The molecule has 0 saturated carbocycles. The predicted molar refractivity (Wildman–Crippen MR) is 121 cm³/mol. The third-order valence-corrected chi connectivity index (χ3v) is 5.44. The molecule has 0 aliphatic carbocycles. The summed E-state index contributed by atoms with van der Waals surface area (Å²) in [4.78, 5) is 13.3. The molecule has 4 rings (SSSR count). The lowest BCUT2D eigenvalue weighted by atomic mass is 10.0. The Morgan fingerprint density at radius 2 is 2.00 bits per heavy atom. The molecule has 2 heterocycles. The van der Waals surface area contributed by atoms with Crippen LogP contribution in [-0.2, 0) is 11.3 Å². The van der Waals surface area contributed by atoms with Gasteiger partial charge in [-0.2, -0.15) is 10.2 Å². The van der Waals surface area contributed by atoms with Gasteiger partial charge in [-0.1, -0.05) is 6.07 Å². The fraction of sp³-hybridized carbons (Fsp3) is 0.208. The largest absolute Gasteiger partial charge is 0.394 e. The van der Waals surface area contributed by atoms with Gasteiger partial charge in [0.05, 0.1) is 36.1 Å². The molecule has 2 aromatic heterocycles. The molecule has 0 saturated heterocycles. The number of nitrogens with one attached hydrogen (secondary N) is 2. The summed E-state index contributed by atoms with van der Waals surface area (Å²) in [6.07, 6.45) is 2.61. The van der Waals surface area contributed by atoms with Crippen LogP contribution in [-0.4, -0.2) is 56.9 Å². The van der Waals surface area contributed by atoms with E-state index in [-0.39, 0.29) is 35.8 Å². The van der Waals surface area contributed by atoms with E-state index in [0.29, 0.717) is 11.3 Å². The lowest BCUT2D eigenvalue weighted by Crippen LogP contribution is -2.48. The molecule has 2 atom stereocenters. The normalized spacial score (nSPS) is 12.9. The van der Waals surface area contributed by atoms with Crippen molar-refractivity contribution < 1.29 is 23.4 Å². The van der Waals surface area contributed by atoms with Crippen LogP contribution in [0.4, 0.5) is 8.78 Å². The van der Waals surface area contributed by atoms with Crippen LogP contribution in [0.5, 0.6) is 0 Å². The molecule has 0 aliphatic heterocycles. The Balaban J connectivity index is 1.64. The van der Waals surface area contributed by atoms with Gasteiger partial charge >= 0.3 is 0 Å². The number of amides is 1. The molecule has 1 amide bonds. The van der Waals surface area contributed by atoms with Crippen molar-refractivity contribution in [2.75, 3.05) is 13.7 Å². The first-order valence-corrected chi connectivity index (χ1v) is 10.5. The minimum atomic E-state index is -0.706. The van der Waals surface area contributed by atoms with Gasteiger partial charge in [0.2, 0.25) is 0 Å². The number of carbonyl (C=O) groups is 1. The zero-order valence-electron chi connectivity index (χ0n) is 18.3. The number of hydrogen-bond acceptors (Lipinski definition) is 5. The highest BCUT2D eigenvalue weighted by molar-refractivity contribution is 6.01. The number of hydrogen-bond donors (Lipinski definition) is 3. The summed E-state index contributed by atoms with van der Waals surface area (Å²) < 4.78 is 35.1. The number of H-pyrrole nitrogens is 1. The highest BCUT2D eigenvalue weighted by atomic mass is 19.1. The number of aliphatic hydroxyl groups excluding tert-OH is 1. The number of aromatic amines is 1. The van der Waals surface area contributed by atoms with Crippen molar-refractivity contribution in [3.63, 3.8) is 0 Å². The molecular weight excluding hydrogens is 444 g/mol. The summed E-state index contributed by atoms with van der Waals surface area (Å²) in [6, 6.07) is 12.6. The number of rotatable bonds is 9. The maximum Gasteiger partial charge on any atom is 0.252 e. The maximum absolute atomic E-state index is 14.9. The van der Waals surface area contributed by atoms with Crippen molar-refractivity contribution in [1.29, 1.82) is 0 Å². The molecule has 4 aromatic rings. The Bertz CT molecular complexity index is 1240. The van der Waals surface area contributed by atoms with Gasteiger partial charge < -0.3 is 15.2 Å². The first kappa shape index (κ1) is 23.3. The van der Waals surface area contributed by atoms with Crippen molar-refractivity contribution in [2.24, 2.45) is 0 Å². The predicted octanol–water partition coefficient (Wildman–Crippen LogP) is 3.02. The van der Waals surface area contributed by atoms with Gasteiger partial charge in [-0.25, -0.2) is 8.78 Å². The molecular formula is C24H23F2N5O3. The molecule has 10 heteroatoms. The molecule has 3 N–H and O–H groups in total. The van der Waals surface area contributed by atoms with Crippen molar-refractivity contribution in [1.82, 2.24) is 25.3 Å². The Kier molecular flexibility index (Phi) is 7.09. The van der Waals surface area contributed by atoms with Crippen molar-refractivity contribution >= 4 is 5.91 Å². The van der Waals surface area contributed by atoms with Gasteiger partial charge in [-0.15, -0.1) is 0 Å². The van der Waals surface area contributed by atoms with Gasteiger partial charge in [0, 0.05) is 30.6 Å². The Hall–Kier alpha value is -3.89. The molecule has 0 bridgehead atoms. The number of nitrogens with zero attached hydrogens (tertiary/aromatic N) is 3. The number of benzene rings is 2. The molecule has 0 radical (unpaired) electrons. The van der Waals surface area contributed by atoms with E-state index in [1.165, 1.54) is 37.4 Å². The smallest absolute Gasteiger partial charge is 0.252 e. The number of aliphatic hydroxyl groups is 1. The average molecular weight is 467 g/mol. The first-order valence-electron chi connectivity index (χ1n) is 10.5. The zero-order valence-corrected chi connectivity index (χ0v) is 18.3. The monoisotopic (exact) mass is 467 g/mol. The van der Waals surface area contributed by atoms with Gasteiger partial charge in [-0.3, -0.25) is 14.6 Å². The third-order valence-electron chi connectivity index (χ3n) is 5.44. The van der Waals surface area contributed by atoms with E-state index in [1.54, 1.807) is 41.3 Å². The Morgan fingerprint density at radius 3 is 2.68 bits per heavy atom. The summed E-state index contributed by atoms with van der Waals surface area (Å²) in [6.45, 7) is -0.0957. The SMILES string of the molecule is CO[C@H](CO)[C@@H](Cn1cccn1)NC(=O)c1cccc(F)c1-c1cc(-c2ccc(F)cc2)n[nH]1. The van der Waals surface area contributed by atoms with E-state index in [2.05, 4.69) is 20.6 Å². The fourth-order valence-corrected chi connectivity index (χ4v) is 3.68. The van der Waals surface area contributed by atoms with Crippen LogP contribution >= 0.6 is 0 Å². The van der Waals surface area contributed by atoms with E-state index in [9.17, 15) is 18.7 Å². The van der Waals surface area contributed by atoms with E-state index in [1.807, 2.05) is 0 Å². The number of halogens is 2. The molecule has 176 valence electrons. The van der Waals surface area contributed by atoms with Crippen LogP contribution in [0.15, 0.2) is 67.0 Å². The highest BCUT2D eigenvalue weighted by Crippen LogP contribution is 2.29. The van der Waals surface area contributed by atoms with E-state index < -0.39 is 23.9 Å². The summed E-state index contributed by atoms with van der Waals surface area (Å²) in [7, 11) is 1.43. The second-order valence-electron chi connectivity index (χ2n) is 7.60. The van der Waals surface area contributed by atoms with E-state index >= 15 is 0 Å². The molecule has 0 unspecified atom stereocenters. The first-order chi connectivity index (χ1) is 16.5. The van der Waals surface area contributed by atoms with Gasteiger partial charge in [0.1, 0.15) is 17.7 Å². The Labute approximate surface area is 194 Å². The summed E-state index contributed by atoms with van der Waals surface area (Å²) in [5.74, 6) is -1.55. The molecule has 0 fully saturated rings. The second-order valence-corrected chi connectivity index (χ2v) is 7.60. The summed E-state index contributed by atoms with van der Waals surface area (Å²) in [5, 5.41) is 23.6. The van der Waals surface area contributed by atoms with Crippen molar-refractivity contribution in [3.05, 3.63) is 84.2 Å². The highest BCUT2D eigenvalue weighted by Gasteiger charge is 2.26. The van der Waals surface area contributed by atoms with Crippen LogP contribution < -0.4 is 5.32 Å². The molecule has 34 heavy (non-hydrogen) atoms. The van der Waals surface area contributed by atoms with E-state index in [0.717, 1.165) is 0 Å². The number of carbonyl (C=O) groups excluding carboxylic acids is 1. The molecule has 0 aliphatic rings. The van der Waals surface area contributed by atoms with Gasteiger partial charge in [0.15, 0.2) is 0 Å². The second kappa shape index (κ2) is 10.4. The average Bonchev–Trinajstić information content (AvgIpc) is 3.52. The topological polar surface area (TPSA) is 105 Å². The van der Waals surface area contributed by atoms with Crippen LogP contribution in [0.1, 0.15) is 10.4 Å². The van der Waals surface area contributed by atoms with Crippen LogP contribution in [0.25, 0.3) is 22.5 Å². The number of aromatic nitrogens is 4. The standard InChI is InChI=1S/C24H23F2N5O3/c1-34-22(14-32)21(13-31-11-3-10-27-31)28-24(33)17-4-2-5-18(26)23(17)20-12-19(29-30-20)15-6-8-16(25)9-7-15/h2-12,21-22,32H,13-14H2,1H3,(H,28,33)(H,29,30)/t21-,22-/m1/s1. The van der Waals surface area contributed by atoms with Crippen LogP contribution in [0.3, 0.4) is 0 Å². The molecule has 2 aromatic carbocycles. The van der Waals surface area contributed by atoms with Crippen molar-refractivity contribution in [2.45, 2.75) is 18.7 Å². The van der Waals surface area contributed by atoms with Crippen molar-refractivity contribution in [3.8, 4) is 22.5 Å². The minimum Gasteiger partial charge on any atom is -0.394 e. The summed E-state index contributed by atoms with van der Waals surface area (Å²) >= 11 is 0. The Morgan fingerprint density at radius 1 is 1.21 bits per heavy atom. The van der Waals surface area contributed by atoms with Crippen LogP contribution in [0, 0.1) is 11.6 Å². The van der Waals surface area contributed by atoms with Gasteiger partial charge in [-0.05, 0) is 48.5 Å². The fourth-order valence-electron chi connectivity index (χ4n) is 3.68. The molecule has 8 nitrogen and oxygen atoms in total.